The molecule has 2 heterocycles. The van der Waals surface area contributed by atoms with Gasteiger partial charge in [-0.15, -0.1) is 0 Å². The lowest BCUT2D eigenvalue weighted by molar-refractivity contribution is -0.122. The van der Waals surface area contributed by atoms with E-state index < -0.39 is 0 Å². The van der Waals surface area contributed by atoms with Crippen LogP contribution in [0.2, 0.25) is 0 Å². The van der Waals surface area contributed by atoms with Crippen molar-refractivity contribution < 1.29 is 9.59 Å². The molecule has 0 radical (unpaired) electrons. The quantitative estimate of drug-likeness (QED) is 0.752. The standard InChI is InChI=1S/C20H28N6O2/c1-2-7-22-19(27)15-24-10-12-25(13-11-24)20(28)23-14-17-3-5-18(6-4-17)26-9-8-21-16-26/h3-6,8-9,16H,2,7,10-15H2,1H3,(H,22,27)(H,23,28). The topological polar surface area (TPSA) is 82.5 Å². The molecule has 1 saturated heterocycles. The molecule has 8 heteroatoms. The van der Waals surface area contributed by atoms with Crippen LogP contribution in [0.1, 0.15) is 18.9 Å². The average molecular weight is 384 g/mol. The second-order valence-electron chi connectivity index (χ2n) is 6.91. The molecule has 3 rings (SSSR count). The number of imidazole rings is 1. The number of amides is 3. The van der Waals surface area contributed by atoms with E-state index in [0.717, 1.165) is 17.7 Å². The molecule has 1 aromatic carbocycles. The molecule has 1 aliphatic heterocycles. The van der Waals surface area contributed by atoms with E-state index in [4.69, 9.17) is 0 Å². The molecule has 28 heavy (non-hydrogen) atoms. The van der Waals surface area contributed by atoms with Crippen molar-refractivity contribution in [2.24, 2.45) is 0 Å². The summed E-state index contributed by atoms with van der Waals surface area (Å²) in [6, 6.07) is 7.95. The third-order valence-corrected chi connectivity index (χ3v) is 4.78. The lowest BCUT2D eigenvalue weighted by Crippen LogP contribution is -2.53. The molecule has 0 bridgehead atoms. The first-order valence-electron chi connectivity index (χ1n) is 9.75. The van der Waals surface area contributed by atoms with E-state index in [0.29, 0.717) is 45.8 Å². The number of aromatic nitrogens is 2. The van der Waals surface area contributed by atoms with Crippen molar-refractivity contribution in [1.29, 1.82) is 0 Å². The van der Waals surface area contributed by atoms with Gasteiger partial charge < -0.3 is 20.1 Å². The van der Waals surface area contributed by atoms with Crippen LogP contribution in [0.4, 0.5) is 4.79 Å². The fourth-order valence-corrected chi connectivity index (χ4v) is 3.12. The summed E-state index contributed by atoms with van der Waals surface area (Å²) in [4.78, 5) is 32.1. The van der Waals surface area contributed by atoms with Crippen LogP contribution in [-0.4, -0.2) is 70.6 Å². The van der Waals surface area contributed by atoms with Gasteiger partial charge >= 0.3 is 6.03 Å². The molecule has 8 nitrogen and oxygen atoms in total. The first-order chi connectivity index (χ1) is 13.7. The lowest BCUT2D eigenvalue weighted by atomic mass is 10.2. The summed E-state index contributed by atoms with van der Waals surface area (Å²) in [6.45, 7) is 6.33. The molecule has 1 aromatic heterocycles. The Hall–Kier alpha value is -2.87. The van der Waals surface area contributed by atoms with Crippen LogP contribution >= 0.6 is 0 Å². The highest BCUT2D eigenvalue weighted by molar-refractivity contribution is 5.78. The van der Waals surface area contributed by atoms with E-state index in [2.05, 4.69) is 20.5 Å². The third kappa shape index (κ3) is 5.56. The number of rotatable bonds is 7. The van der Waals surface area contributed by atoms with E-state index in [1.807, 2.05) is 42.0 Å². The highest BCUT2D eigenvalue weighted by Gasteiger charge is 2.22. The summed E-state index contributed by atoms with van der Waals surface area (Å²) in [6.07, 6.45) is 6.32. The maximum atomic E-state index is 12.4. The van der Waals surface area contributed by atoms with Gasteiger partial charge in [-0.05, 0) is 24.1 Å². The summed E-state index contributed by atoms with van der Waals surface area (Å²) in [5, 5.41) is 5.86. The Morgan fingerprint density at radius 2 is 1.82 bits per heavy atom. The smallest absolute Gasteiger partial charge is 0.317 e. The second kappa shape index (κ2) is 9.89. The normalized spacial score (nSPS) is 14.7. The maximum absolute atomic E-state index is 12.4. The summed E-state index contributed by atoms with van der Waals surface area (Å²) >= 11 is 0. The van der Waals surface area contributed by atoms with Gasteiger partial charge in [0, 0.05) is 57.3 Å². The SMILES string of the molecule is CCCNC(=O)CN1CCN(C(=O)NCc2ccc(-n3ccnc3)cc2)CC1. The van der Waals surface area contributed by atoms with Crippen molar-refractivity contribution in [2.75, 3.05) is 39.3 Å². The predicted molar refractivity (Wildman–Crippen MR) is 107 cm³/mol. The third-order valence-electron chi connectivity index (χ3n) is 4.78. The van der Waals surface area contributed by atoms with Crippen molar-refractivity contribution in [1.82, 2.24) is 30.0 Å². The van der Waals surface area contributed by atoms with E-state index in [-0.39, 0.29) is 11.9 Å². The van der Waals surface area contributed by atoms with Gasteiger partial charge in [0.25, 0.3) is 0 Å². The zero-order valence-corrected chi connectivity index (χ0v) is 16.3. The molecule has 1 fully saturated rings. The molecule has 0 spiro atoms. The monoisotopic (exact) mass is 384 g/mol. The molecule has 0 atom stereocenters. The van der Waals surface area contributed by atoms with Crippen LogP contribution in [0.3, 0.4) is 0 Å². The van der Waals surface area contributed by atoms with Gasteiger partial charge in [0.1, 0.15) is 0 Å². The van der Waals surface area contributed by atoms with E-state index >= 15 is 0 Å². The molecule has 0 unspecified atom stereocenters. The number of carbonyl (C=O) groups excluding carboxylic acids is 2. The minimum Gasteiger partial charge on any atom is -0.355 e. The van der Waals surface area contributed by atoms with Gasteiger partial charge in [-0.25, -0.2) is 9.78 Å². The first kappa shape index (κ1) is 19.9. The van der Waals surface area contributed by atoms with Crippen LogP contribution in [-0.2, 0) is 11.3 Å². The Labute approximate surface area is 165 Å². The lowest BCUT2D eigenvalue weighted by Gasteiger charge is -2.34. The summed E-state index contributed by atoms with van der Waals surface area (Å²) in [7, 11) is 0. The summed E-state index contributed by atoms with van der Waals surface area (Å²) < 4.78 is 1.93. The number of benzene rings is 1. The van der Waals surface area contributed by atoms with Gasteiger partial charge in [-0.1, -0.05) is 19.1 Å². The Bertz CT molecular complexity index is 752. The van der Waals surface area contributed by atoms with Gasteiger partial charge in [-0.3, -0.25) is 9.69 Å². The van der Waals surface area contributed by atoms with E-state index in [9.17, 15) is 9.59 Å². The van der Waals surface area contributed by atoms with Crippen LogP contribution < -0.4 is 10.6 Å². The van der Waals surface area contributed by atoms with E-state index in [1.165, 1.54) is 0 Å². The van der Waals surface area contributed by atoms with E-state index in [1.54, 1.807) is 17.4 Å². The maximum Gasteiger partial charge on any atom is 0.317 e. The van der Waals surface area contributed by atoms with Crippen molar-refractivity contribution >= 4 is 11.9 Å². The number of hydrogen-bond acceptors (Lipinski definition) is 4. The molecular weight excluding hydrogens is 356 g/mol. The number of urea groups is 1. The molecule has 3 amide bonds. The summed E-state index contributed by atoms with van der Waals surface area (Å²) in [5.74, 6) is 0.0545. The first-order valence-corrected chi connectivity index (χ1v) is 9.75. The Morgan fingerprint density at radius 3 is 2.46 bits per heavy atom. The molecule has 2 aromatic rings. The second-order valence-corrected chi connectivity index (χ2v) is 6.91. The molecular formula is C20H28N6O2. The summed E-state index contributed by atoms with van der Waals surface area (Å²) in [5.41, 5.74) is 2.08. The van der Waals surface area contributed by atoms with Crippen LogP contribution in [0.5, 0.6) is 0 Å². The molecule has 2 N–H and O–H groups in total. The van der Waals surface area contributed by atoms with Crippen molar-refractivity contribution in [3.8, 4) is 5.69 Å². The van der Waals surface area contributed by atoms with Crippen molar-refractivity contribution in [2.45, 2.75) is 19.9 Å². The number of hydrogen-bond donors (Lipinski definition) is 2. The molecule has 0 aliphatic carbocycles. The van der Waals surface area contributed by atoms with Gasteiger partial charge in [0.15, 0.2) is 0 Å². The number of piperazine rings is 1. The zero-order chi connectivity index (χ0) is 19.8. The molecule has 150 valence electrons. The molecule has 1 aliphatic rings. The van der Waals surface area contributed by atoms with Crippen LogP contribution in [0.25, 0.3) is 5.69 Å². The fourth-order valence-electron chi connectivity index (χ4n) is 3.12. The number of nitrogens with zero attached hydrogens (tertiary/aromatic N) is 4. The highest BCUT2D eigenvalue weighted by atomic mass is 16.2. The largest absolute Gasteiger partial charge is 0.355 e. The number of carbonyl (C=O) groups is 2. The molecule has 0 saturated carbocycles. The minimum atomic E-state index is -0.0613. The minimum absolute atomic E-state index is 0.0545. The van der Waals surface area contributed by atoms with Crippen LogP contribution in [0.15, 0.2) is 43.0 Å². The van der Waals surface area contributed by atoms with Gasteiger partial charge in [0.2, 0.25) is 5.91 Å². The predicted octanol–water partition coefficient (Wildman–Crippen LogP) is 1.23. The average Bonchev–Trinajstić information content (AvgIpc) is 3.26. The zero-order valence-electron chi connectivity index (χ0n) is 16.3. The van der Waals surface area contributed by atoms with Gasteiger partial charge in [0.05, 0.1) is 12.9 Å². The fraction of sp³-hybridized carbons (Fsp3) is 0.450. The number of nitrogens with one attached hydrogen (secondary N) is 2. The van der Waals surface area contributed by atoms with Crippen molar-refractivity contribution in [3.63, 3.8) is 0 Å². The Kier molecular flexibility index (Phi) is 7.02. The Morgan fingerprint density at radius 1 is 1.07 bits per heavy atom. The van der Waals surface area contributed by atoms with Gasteiger partial charge in [-0.2, -0.15) is 0 Å². The van der Waals surface area contributed by atoms with Crippen molar-refractivity contribution in [3.05, 3.63) is 48.5 Å². The van der Waals surface area contributed by atoms with Crippen LogP contribution in [0, 0.1) is 0 Å². The highest BCUT2D eigenvalue weighted by Crippen LogP contribution is 2.09. The Balaban J connectivity index is 1.39.